The van der Waals surface area contributed by atoms with Crippen LogP contribution in [0.2, 0.25) is 18.1 Å². The van der Waals surface area contributed by atoms with E-state index in [1.54, 1.807) is 14.1 Å². The average molecular weight is 785 g/mol. The molecular weight excluding hydrogens is 737 g/mol. The van der Waals surface area contributed by atoms with E-state index in [1.165, 1.54) is 0 Å². The van der Waals surface area contributed by atoms with Crippen LogP contribution in [0, 0.1) is 23.6 Å². The number of ketones is 3. The molecule has 1 heterocycles. The van der Waals surface area contributed by atoms with Crippen LogP contribution in [0.5, 0.6) is 5.75 Å². The molecule has 0 amide bonds. The zero-order valence-corrected chi connectivity index (χ0v) is 33.1. The quantitative estimate of drug-likeness (QED) is 0.130. The summed E-state index contributed by atoms with van der Waals surface area (Å²) in [6.45, 7) is 12.9. The molecule has 0 aliphatic heterocycles. The minimum atomic E-state index is -2.94. The molecule has 3 aliphatic rings. The van der Waals surface area contributed by atoms with Crippen LogP contribution in [0.4, 0.5) is 4.39 Å². The number of hydrogen-bond donors (Lipinski definition) is 2. The van der Waals surface area contributed by atoms with Gasteiger partial charge in [-0.15, -0.1) is 0 Å². The Balaban J connectivity index is 1.55. The van der Waals surface area contributed by atoms with Gasteiger partial charge in [0.05, 0.1) is 22.0 Å². The number of rotatable bonds is 10. The van der Waals surface area contributed by atoms with E-state index in [1.807, 2.05) is 76.0 Å². The molecule has 3 aromatic rings. The molecule has 1 unspecified atom stereocenters. The zero-order chi connectivity index (χ0) is 37.2. The summed E-state index contributed by atoms with van der Waals surface area (Å²) in [4.78, 5) is 60.2. The first kappa shape index (κ1) is 37.5. The molecule has 2 N–H and O–H groups in total. The highest BCUT2D eigenvalue weighted by molar-refractivity contribution is 9.10. The molecule has 5 atom stereocenters. The van der Waals surface area contributed by atoms with Crippen LogP contribution in [-0.4, -0.2) is 62.0 Å². The molecular formula is C38H47BrFN3O7Si. The molecule has 6 rings (SSSR count). The van der Waals surface area contributed by atoms with Crippen LogP contribution >= 0.6 is 15.9 Å². The van der Waals surface area contributed by atoms with E-state index in [0.29, 0.717) is 16.6 Å². The maximum absolute atomic E-state index is 16.7. The second-order valence-corrected chi connectivity index (χ2v) is 21.4. The summed E-state index contributed by atoms with van der Waals surface area (Å²) in [6.07, 6.45) is 1.10. The highest BCUT2D eigenvalue weighted by atomic mass is 79.9. The van der Waals surface area contributed by atoms with Crippen molar-refractivity contribution >= 4 is 41.6 Å². The number of hydrogen-bond acceptors (Lipinski definition) is 9. The number of benzene rings is 2. The molecule has 13 heteroatoms. The van der Waals surface area contributed by atoms with Gasteiger partial charge >= 0.3 is 0 Å². The van der Waals surface area contributed by atoms with Crippen molar-refractivity contribution in [3.05, 3.63) is 84.6 Å². The minimum absolute atomic E-state index is 0.000612. The van der Waals surface area contributed by atoms with Crippen LogP contribution in [-0.2, 0) is 28.8 Å². The smallest absolute Gasteiger partial charge is 0.291 e. The van der Waals surface area contributed by atoms with Crippen LogP contribution in [0.25, 0.3) is 0 Å². The SMILES string of the molecule is CCCNCc1c(F)c2c(c(OCc3ccccc3)c1Br)C(=O)C1C(=O)[C@]3(O[Si](C)(C)C(C)(C)C)C(=O)c4c(o[nH]c4=O)[C@@H](N(C)C)[C@@H]3C[C@@H]1C2. The van der Waals surface area contributed by atoms with E-state index in [-0.39, 0.29) is 54.2 Å². The van der Waals surface area contributed by atoms with E-state index < -0.39 is 71.5 Å². The number of halogens is 2. The van der Waals surface area contributed by atoms with Crippen molar-refractivity contribution in [2.24, 2.45) is 17.8 Å². The van der Waals surface area contributed by atoms with Gasteiger partial charge in [-0.25, -0.2) is 4.39 Å². The minimum Gasteiger partial charge on any atom is -0.487 e. The van der Waals surface area contributed by atoms with Crippen molar-refractivity contribution in [3.63, 3.8) is 0 Å². The predicted molar refractivity (Wildman–Crippen MR) is 196 cm³/mol. The van der Waals surface area contributed by atoms with Gasteiger partial charge in [0.2, 0.25) is 5.78 Å². The number of carbonyl (C=O) groups is 3. The molecule has 1 fully saturated rings. The number of carbonyl (C=O) groups excluding carboxylic acids is 3. The zero-order valence-electron chi connectivity index (χ0n) is 30.5. The van der Waals surface area contributed by atoms with Gasteiger partial charge in [0.25, 0.3) is 5.56 Å². The van der Waals surface area contributed by atoms with E-state index in [0.717, 1.165) is 12.0 Å². The number of ether oxygens (including phenoxy) is 1. The number of fused-ring (bicyclic) bond motifs is 4. The maximum Gasteiger partial charge on any atom is 0.291 e. The summed E-state index contributed by atoms with van der Waals surface area (Å²) < 4.78 is 36.0. The molecule has 3 aliphatic carbocycles. The second kappa shape index (κ2) is 13.6. The second-order valence-electron chi connectivity index (χ2n) is 15.9. The molecule has 51 heavy (non-hydrogen) atoms. The monoisotopic (exact) mass is 783 g/mol. The Morgan fingerprint density at radius 1 is 1.12 bits per heavy atom. The average Bonchev–Trinajstić information content (AvgIpc) is 3.44. The molecule has 1 saturated carbocycles. The van der Waals surface area contributed by atoms with Crippen molar-refractivity contribution in [2.75, 3.05) is 20.6 Å². The van der Waals surface area contributed by atoms with Crippen LogP contribution in [0.15, 0.2) is 44.1 Å². The number of Topliss-reactive ketones (excluding diaryl/α,β-unsaturated/α-hetero) is 3. The maximum atomic E-state index is 16.7. The first-order valence-electron chi connectivity index (χ1n) is 17.6. The molecule has 10 nitrogen and oxygen atoms in total. The van der Waals surface area contributed by atoms with E-state index in [9.17, 15) is 14.4 Å². The molecule has 0 saturated heterocycles. The summed E-state index contributed by atoms with van der Waals surface area (Å²) in [5.74, 6) is -5.10. The Morgan fingerprint density at radius 2 is 1.80 bits per heavy atom. The summed E-state index contributed by atoms with van der Waals surface area (Å²) >= 11 is 3.58. The Hall–Kier alpha value is -3.23. The Labute approximate surface area is 307 Å². The summed E-state index contributed by atoms with van der Waals surface area (Å²) in [7, 11) is 0.632. The van der Waals surface area contributed by atoms with Gasteiger partial charge in [-0.3, -0.25) is 24.1 Å². The third-order valence-corrected chi connectivity index (χ3v) is 16.7. The van der Waals surface area contributed by atoms with Gasteiger partial charge in [-0.2, -0.15) is 5.16 Å². The normalized spacial score (nSPS) is 24.6. The first-order valence-corrected chi connectivity index (χ1v) is 21.3. The predicted octanol–water partition coefficient (Wildman–Crippen LogP) is 6.77. The lowest BCUT2D eigenvalue weighted by Gasteiger charge is -2.56. The van der Waals surface area contributed by atoms with E-state index in [4.69, 9.17) is 13.7 Å². The number of nitrogens with zero attached hydrogens (tertiary/aromatic N) is 1. The fourth-order valence-corrected chi connectivity index (χ4v) is 9.99. The summed E-state index contributed by atoms with van der Waals surface area (Å²) in [5.41, 5.74) is -1.77. The van der Waals surface area contributed by atoms with Crippen molar-refractivity contribution < 1.29 is 32.5 Å². The van der Waals surface area contributed by atoms with Gasteiger partial charge in [0, 0.05) is 23.6 Å². The lowest BCUT2D eigenvalue weighted by atomic mass is 9.54. The lowest BCUT2D eigenvalue weighted by Crippen LogP contribution is -2.71. The van der Waals surface area contributed by atoms with E-state index in [2.05, 4.69) is 26.4 Å². The van der Waals surface area contributed by atoms with Crippen LogP contribution in [0.1, 0.15) is 89.7 Å². The molecule has 0 spiro atoms. The molecule has 0 radical (unpaired) electrons. The van der Waals surface area contributed by atoms with Crippen molar-refractivity contribution in [1.82, 2.24) is 15.4 Å². The van der Waals surface area contributed by atoms with Gasteiger partial charge in [0.15, 0.2) is 31.2 Å². The van der Waals surface area contributed by atoms with Crippen LogP contribution in [0.3, 0.4) is 0 Å². The van der Waals surface area contributed by atoms with Gasteiger partial charge in [-0.05, 0) is 85.4 Å². The Kier molecular flexibility index (Phi) is 10.0. The van der Waals surface area contributed by atoms with Crippen molar-refractivity contribution in [2.45, 2.75) is 89.9 Å². The Bertz CT molecular complexity index is 1940. The van der Waals surface area contributed by atoms with Gasteiger partial charge < -0.3 is 19.0 Å². The number of aromatic nitrogens is 1. The molecule has 2 aromatic carbocycles. The molecule has 1 aromatic heterocycles. The largest absolute Gasteiger partial charge is 0.487 e. The lowest BCUT2D eigenvalue weighted by molar-refractivity contribution is -0.151. The van der Waals surface area contributed by atoms with Crippen molar-refractivity contribution in [3.8, 4) is 5.75 Å². The molecule has 0 bridgehead atoms. The van der Waals surface area contributed by atoms with Crippen LogP contribution < -0.4 is 15.6 Å². The highest BCUT2D eigenvalue weighted by Crippen LogP contribution is 2.58. The number of H-pyrrole nitrogens is 1. The number of nitrogens with one attached hydrogen (secondary N) is 2. The molecule has 274 valence electrons. The van der Waals surface area contributed by atoms with Crippen molar-refractivity contribution in [1.29, 1.82) is 0 Å². The van der Waals surface area contributed by atoms with Gasteiger partial charge in [0.1, 0.15) is 23.7 Å². The summed E-state index contributed by atoms with van der Waals surface area (Å²) in [6, 6.07) is 8.70. The fraction of sp³-hybridized carbons (Fsp3) is 0.526. The summed E-state index contributed by atoms with van der Waals surface area (Å²) in [5, 5.41) is 5.15. The standard InChI is InChI=1S/C38H47BrFN3O7Si/c1-9-15-41-18-23-28(39)32(48-19-20-13-11-10-12-14-20)26-22(29(23)40)16-21-17-24-30(43(5)6)33-27(36(47)42-49-33)35(46)38(24,34(45)25(21)31(26)44)50-51(7,8)37(2,3)4/h10-14,21,24-25,30,41H,9,15-19H2,1-8H3,(H,42,47)/t21-,24-,25?,30-,38-/m0/s1. The van der Waals surface area contributed by atoms with Gasteiger partial charge in [-0.1, -0.05) is 58.0 Å². The third-order valence-electron chi connectivity index (χ3n) is 11.4. The topological polar surface area (TPSA) is 131 Å². The Morgan fingerprint density at radius 3 is 2.43 bits per heavy atom. The fourth-order valence-electron chi connectivity index (χ4n) is 7.90. The highest BCUT2D eigenvalue weighted by Gasteiger charge is 2.70. The third kappa shape index (κ3) is 6.02. The first-order chi connectivity index (χ1) is 24.0. The van der Waals surface area contributed by atoms with E-state index >= 15 is 9.18 Å². The number of aromatic amines is 1.